The molecule has 1 aliphatic heterocycles. The lowest BCUT2D eigenvalue weighted by Gasteiger charge is -2.34. The molecule has 8 heteroatoms. The van der Waals surface area contributed by atoms with Gasteiger partial charge in [0.1, 0.15) is 23.9 Å². The topological polar surface area (TPSA) is 89.1 Å². The number of nitrogens with one attached hydrogen (secondary N) is 2. The van der Waals surface area contributed by atoms with Crippen molar-refractivity contribution < 1.29 is 23.8 Å². The smallest absolute Gasteiger partial charge is 0.262 e. The van der Waals surface area contributed by atoms with Gasteiger partial charge in [0.05, 0.1) is 31.9 Å². The van der Waals surface area contributed by atoms with Crippen LogP contribution in [0.5, 0.6) is 17.2 Å². The molecule has 160 valence electrons. The summed E-state index contributed by atoms with van der Waals surface area (Å²) in [5, 5.41) is 5.44. The minimum absolute atomic E-state index is 0.122. The Morgan fingerprint density at radius 3 is 2.50 bits per heavy atom. The van der Waals surface area contributed by atoms with E-state index in [-0.39, 0.29) is 18.4 Å². The number of likely N-dealkylation sites (N-methyl/N-ethyl adjacent to an activating group) is 1. The van der Waals surface area contributed by atoms with E-state index >= 15 is 0 Å². The molecule has 0 unspecified atom stereocenters. The van der Waals surface area contributed by atoms with Crippen LogP contribution in [0.25, 0.3) is 0 Å². The fraction of sp³-hybridized carbons (Fsp3) is 0.364. The summed E-state index contributed by atoms with van der Waals surface area (Å²) < 4.78 is 16.8. The summed E-state index contributed by atoms with van der Waals surface area (Å²) in [6, 6.07) is 14.7. The molecular formula is C22H27N3O5. The molecule has 0 fully saturated rings. The average Bonchev–Trinajstić information content (AvgIpc) is 2.77. The van der Waals surface area contributed by atoms with Crippen molar-refractivity contribution in [3.05, 3.63) is 48.5 Å². The third-order valence-corrected chi connectivity index (χ3v) is 4.56. The van der Waals surface area contributed by atoms with Crippen LogP contribution in [0.1, 0.15) is 6.92 Å². The number of amides is 2. The summed E-state index contributed by atoms with van der Waals surface area (Å²) in [5.41, 5.74) is 0.790. The van der Waals surface area contributed by atoms with Gasteiger partial charge >= 0.3 is 0 Å². The van der Waals surface area contributed by atoms with E-state index in [1.165, 1.54) is 0 Å². The maximum absolute atomic E-state index is 12.4. The number of para-hydroxylation sites is 2. The molecule has 2 aromatic rings. The molecule has 8 nitrogen and oxygen atoms in total. The van der Waals surface area contributed by atoms with E-state index in [9.17, 15) is 9.59 Å². The zero-order valence-electron chi connectivity index (χ0n) is 17.2. The fourth-order valence-electron chi connectivity index (χ4n) is 3.14. The first-order valence-corrected chi connectivity index (χ1v) is 9.95. The number of anilines is 1. The summed E-state index contributed by atoms with van der Waals surface area (Å²) in [4.78, 5) is 26.3. The molecule has 1 atom stereocenters. The molecule has 0 aromatic heterocycles. The van der Waals surface area contributed by atoms with Crippen LogP contribution in [-0.2, 0) is 9.59 Å². The molecule has 0 spiro atoms. The molecule has 0 saturated heterocycles. The standard InChI is InChI=1S/C22H27N3O5/c1-3-28-16-8-10-17(11-9-16)29-13-12-24-21(26)15-25-14-20(22(27)23-2)30-19-7-5-4-6-18(19)25/h4-11,20H,3,12-15H2,1-2H3,(H,23,27)(H,24,26)/t20-/m0/s1. The highest BCUT2D eigenvalue weighted by molar-refractivity contribution is 5.86. The molecule has 2 aromatic carbocycles. The molecule has 3 rings (SSSR count). The van der Waals surface area contributed by atoms with Gasteiger partial charge in [-0.3, -0.25) is 9.59 Å². The second-order valence-corrected chi connectivity index (χ2v) is 6.67. The summed E-state index contributed by atoms with van der Waals surface area (Å²) in [6.07, 6.45) is -0.666. The molecule has 0 bridgehead atoms. The van der Waals surface area contributed by atoms with Crippen molar-refractivity contribution in [2.45, 2.75) is 13.0 Å². The normalized spacial score (nSPS) is 14.9. The Morgan fingerprint density at radius 1 is 1.10 bits per heavy atom. The molecule has 1 aliphatic rings. The van der Waals surface area contributed by atoms with Crippen molar-refractivity contribution in [2.24, 2.45) is 0 Å². The monoisotopic (exact) mass is 413 g/mol. The van der Waals surface area contributed by atoms with Gasteiger partial charge in [0.2, 0.25) is 5.91 Å². The summed E-state index contributed by atoms with van der Waals surface area (Å²) in [5.74, 6) is 1.71. The highest BCUT2D eigenvalue weighted by atomic mass is 16.5. The number of carbonyl (C=O) groups is 2. The second-order valence-electron chi connectivity index (χ2n) is 6.67. The minimum Gasteiger partial charge on any atom is -0.494 e. The van der Waals surface area contributed by atoms with Crippen LogP contribution in [0, 0.1) is 0 Å². The minimum atomic E-state index is -0.666. The summed E-state index contributed by atoms with van der Waals surface area (Å²) >= 11 is 0. The third kappa shape index (κ3) is 5.56. The Bertz CT molecular complexity index is 856. The third-order valence-electron chi connectivity index (χ3n) is 4.56. The lowest BCUT2D eigenvalue weighted by molar-refractivity contribution is -0.127. The Morgan fingerprint density at radius 2 is 1.80 bits per heavy atom. The molecular weight excluding hydrogens is 386 g/mol. The Kier molecular flexibility index (Phi) is 7.37. The Hall–Kier alpha value is -3.42. The average molecular weight is 413 g/mol. The number of carbonyl (C=O) groups excluding carboxylic acids is 2. The van der Waals surface area contributed by atoms with Gasteiger partial charge in [-0.2, -0.15) is 0 Å². The largest absolute Gasteiger partial charge is 0.494 e. The van der Waals surface area contributed by atoms with Gasteiger partial charge in [-0.15, -0.1) is 0 Å². The summed E-state index contributed by atoms with van der Waals surface area (Å²) in [6.45, 7) is 3.69. The molecule has 0 radical (unpaired) electrons. The maximum Gasteiger partial charge on any atom is 0.262 e. The van der Waals surface area contributed by atoms with Crippen molar-refractivity contribution >= 4 is 17.5 Å². The predicted molar refractivity (Wildman–Crippen MR) is 113 cm³/mol. The number of rotatable bonds is 9. The zero-order chi connectivity index (χ0) is 21.3. The number of hydrogen-bond donors (Lipinski definition) is 2. The van der Waals surface area contributed by atoms with Gasteiger partial charge in [-0.05, 0) is 43.3 Å². The van der Waals surface area contributed by atoms with Crippen molar-refractivity contribution in [3.8, 4) is 17.2 Å². The van der Waals surface area contributed by atoms with E-state index < -0.39 is 6.10 Å². The van der Waals surface area contributed by atoms with Gasteiger partial charge in [0, 0.05) is 7.05 Å². The van der Waals surface area contributed by atoms with E-state index in [1.807, 2.05) is 54.3 Å². The molecule has 0 saturated carbocycles. The van der Waals surface area contributed by atoms with E-state index in [0.29, 0.717) is 37.8 Å². The van der Waals surface area contributed by atoms with Gasteiger partial charge in [0.15, 0.2) is 6.10 Å². The molecule has 1 heterocycles. The van der Waals surface area contributed by atoms with Crippen molar-refractivity contribution in [1.82, 2.24) is 10.6 Å². The Labute approximate surface area is 176 Å². The highest BCUT2D eigenvalue weighted by Crippen LogP contribution is 2.32. The first kappa shape index (κ1) is 21.3. The van der Waals surface area contributed by atoms with Gasteiger partial charge in [-0.1, -0.05) is 12.1 Å². The van der Waals surface area contributed by atoms with Crippen LogP contribution in [0.4, 0.5) is 5.69 Å². The lowest BCUT2D eigenvalue weighted by atomic mass is 10.1. The number of nitrogens with zero attached hydrogens (tertiary/aromatic N) is 1. The Balaban J connectivity index is 1.48. The first-order valence-electron chi connectivity index (χ1n) is 9.95. The van der Waals surface area contributed by atoms with E-state index in [4.69, 9.17) is 14.2 Å². The SMILES string of the molecule is CCOc1ccc(OCCNC(=O)CN2C[C@@H](C(=O)NC)Oc3ccccc32)cc1. The maximum atomic E-state index is 12.4. The predicted octanol–water partition coefficient (Wildman–Crippen LogP) is 1.59. The quantitative estimate of drug-likeness (QED) is 0.607. The fourth-order valence-corrected chi connectivity index (χ4v) is 3.14. The number of hydrogen-bond acceptors (Lipinski definition) is 6. The number of ether oxygens (including phenoxy) is 3. The van der Waals surface area contributed by atoms with E-state index in [2.05, 4.69) is 10.6 Å². The summed E-state index contributed by atoms with van der Waals surface area (Å²) in [7, 11) is 1.56. The van der Waals surface area contributed by atoms with E-state index in [0.717, 1.165) is 11.4 Å². The molecule has 2 N–H and O–H groups in total. The van der Waals surface area contributed by atoms with Crippen molar-refractivity contribution in [2.75, 3.05) is 44.8 Å². The highest BCUT2D eigenvalue weighted by Gasteiger charge is 2.30. The number of benzene rings is 2. The van der Waals surface area contributed by atoms with E-state index in [1.54, 1.807) is 13.1 Å². The van der Waals surface area contributed by atoms with Crippen LogP contribution < -0.4 is 29.7 Å². The molecule has 0 aliphatic carbocycles. The van der Waals surface area contributed by atoms with Crippen molar-refractivity contribution in [1.29, 1.82) is 0 Å². The van der Waals surface area contributed by atoms with Gasteiger partial charge < -0.3 is 29.7 Å². The van der Waals surface area contributed by atoms with Crippen LogP contribution in [0.15, 0.2) is 48.5 Å². The number of fused-ring (bicyclic) bond motifs is 1. The first-order chi connectivity index (χ1) is 14.6. The second kappa shape index (κ2) is 10.4. The lowest BCUT2D eigenvalue weighted by Crippen LogP contribution is -2.50. The van der Waals surface area contributed by atoms with Gasteiger partial charge in [0.25, 0.3) is 5.91 Å². The van der Waals surface area contributed by atoms with Crippen LogP contribution in [-0.4, -0.2) is 57.8 Å². The van der Waals surface area contributed by atoms with Crippen LogP contribution in [0.3, 0.4) is 0 Å². The zero-order valence-corrected chi connectivity index (χ0v) is 17.2. The molecule has 30 heavy (non-hydrogen) atoms. The van der Waals surface area contributed by atoms with Crippen LogP contribution in [0.2, 0.25) is 0 Å². The molecule has 2 amide bonds. The van der Waals surface area contributed by atoms with Crippen LogP contribution >= 0.6 is 0 Å². The van der Waals surface area contributed by atoms with Gasteiger partial charge in [-0.25, -0.2) is 0 Å². The van der Waals surface area contributed by atoms with Crippen molar-refractivity contribution in [3.63, 3.8) is 0 Å².